The van der Waals surface area contributed by atoms with Crippen LogP contribution in [0.4, 0.5) is 0 Å². The third-order valence-corrected chi connectivity index (χ3v) is 7.57. The van der Waals surface area contributed by atoms with E-state index in [0.29, 0.717) is 35.4 Å². The number of carbonyl (C=O) groups excluding carboxylic acids is 1. The molecule has 6 nitrogen and oxygen atoms in total. The van der Waals surface area contributed by atoms with E-state index in [1.807, 2.05) is 22.9 Å². The smallest absolute Gasteiger partial charge is 0.274 e. The van der Waals surface area contributed by atoms with Crippen molar-refractivity contribution in [1.82, 2.24) is 24.2 Å². The van der Waals surface area contributed by atoms with E-state index >= 15 is 0 Å². The summed E-state index contributed by atoms with van der Waals surface area (Å²) in [6, 6.07) is 14.0. The number of aromatic nitrogens is 3. The monoisotopic (exact) mass is 415 g/mol. The van der Waals surface area contributed by atoms with Crippen molar-refractivity contribution in [2.24, 2.45) is 11.8 Å². The lowest BCUT2D eigenvalue weighted by Crippen LogP contribution is -2.62. The molecule has 6 rings (SSSR count). The van der Waals surface area contributed by atoms with Gasteiger partial charge in [0.25, 0.3) is 5.91 Å². The van der Waals surface area contributed by atoms with Crippen molar-refractivity contribution in [3.8, 4) is 0 Å². The van der Waals surface area contributed by atoms with Gasteiger partial charge < -0.3 is 4.90 Å². The second kappa shape index (κ2) is 7.75. The lowest BCUT2D eigenvalue weighted by atomic mass is 9.74. The predicted molar refractivity (Wildman–Crippen MR) is 119 cm³/mol. The van der Waals surface area contributed by atoms with Gasteiger partial charge in [0.2, 0.25) is 5.78 Å². The van der Waals surface area contributed by atoms with E-state index in [2.05, 4.69) is 50.1 Å². The van der Waals surface area contributed by atoms with Crippen LogP contribution >= 0.6 is 0 Å². The summed E-state index contributed by atoms with van der Waals surface area (Å²) in [7, 11) is 0. The fourth-order valence-corrected chi connectivity index (χ4v) is 6.28. The van der Waals surface area contributed by atoms with Crippen molar-refractivity contribution in [1.29, 1.82) is 0 Å². The Bertz CT molecular complexity index is 1050. The van der Waals surface area contributed by atoms with Crippen molar-refractivity contribution in [3.63, 3.8) is 0 Å². The summed E-state index contributed by atoms with van der Waals surface area (Å²) in [6.07, 6.45) is 11.7. The quantitative estimate of drug-likeness (QED) is 0.659. The molecule has 0 saturated carbocycles. The average molecular weight is 416 g/mol. The molecule has 1 amide bonds. The standard InChI is InChI=1S/C25H29N5O/c31-24(22-17-28-11-5-10-26-25(28)27-22)29-14-19-12-20(16-29)23-9-4-8-21(30(23)15-19)13-18-6-2-1-3-7-18/h1-3,5-7,10-11,17,19-21,23H,4,8-9,12-16H2/t19-,20+,21+,23-/m0/s1. The molecule has 0 radical (unpaired) electrons. The highest BCUT2D eigenvalue weighted by molar-refractivity contribution is 5.92. The Morgan fingerprint density at radius 1 is 1.06 bits per heavy atom. The highest BCUT2D eigenvalue weighted by Gasteiger charge is 2.45. The van der Waals surface area contributed by atoms with Gasteiger partial charge in [-0.15, -0.1) is 0 Å². The van der Waals surface area contributed by atoms with Crippen LogP contribution in [-0.4, -0.2) is 61.8 Å². The maximum Gasteiger partial charge on any atom is 0.274 e. The Balaban J connectivity index is 1.19. The molecule has 3 aliphatic heterocycles. The van der Waals surface area contributed by atoms with Crippen molar-refractivity contribution < 1.29 is 4.79 Å². The summed E-state index contributed by atoms with van der Waals surface area (Å²) in [5.41, 5.74) is 1.96. The molecule has 6 heteroatoms. The first kappa shape index (κ1) is 19.0. The Kier molecular flexibility index (Phi) is 4.75. The highest BCUT2D eigenvalue weighted by Crippen LogP contribution is 2.40. The molecule has 0 spiro atoms. The first-order valence-electron chi connectivity index (χ1n) is 11.6. The molecule has 0 aliphatic carbocycles. The SMILES string of the molecule is O=C(c1cn2cccnc2n1)N1C[C@@H]2C[C@H](C1)[C@@H]1CCC[C@H](Cc3ccccc3)N1C2. The minimum absolute atomic E-state index is 0.0605. The van der Waals surface area contributed by atoms with E-state index in [0.717, 1.165) is 26.1 Å². The van der Waals surface area contributed by atoms with Gasteiger partial charge in [-0.3, -0.25) is 14.1 Å². The lowest BCUT2D eigenvalue weighted by Gasteiger charge is -2.55. The van der Waals surface area contributed by atoms with E-state index < -0.39 is 0 Å². The summed E-state index contributed by atoms with van der Waals surface area (Å²) in [5.74, 6) is 1.78. The number of hydrogen-bond acceptors (Lipinski definition) is 4. The zero-order valence-corrected chi connectivity index (χ0v) is 17.8. The minimum atomic E-state index is 0.0605. The summed E-state index contributed by atoms with van der Waals surface area (Å²) in [4.78, 5) is 26.9. The number of carbonyl (C=O) groups is 1. The summed E-state index contributed by atoms with van der Waals surface area (Å²) in [5, 5.41) is 0. The summed E-state index contributed by atoms with van der Waals surface area (Å²) < 4.78 is 1.83. The number of nitrogens with zero attached hydrogens (tertiary/aromatic N) is 5. The normalized spacial score (nSPS) is 28.5. The van der Waals surface area contributed by atoms with Gasteiger partial charge in [0.1, 0.15) is 5.69 Å². The van der Waals surface area contributed by atoms with Crippen molar-refractivity contribution in [3.05, 3.63) is 66.2 Å². The van der Waals surface area contributed by atoms with E-state index in [9.17, 15) is 4.79 Å². The molecule has 31 heavy (non-hydrogen) atoms. The molecule has 3 fully saturated rings. The number of imidazole rings is 1. The third-order valence-electron chi connectivity index (χ3n) is 7.57. The van der Waals surface area contributed by atoms with Crippen LogP contribution in [0.15, 0.2) is 55.0 Å². The van der Waals surface area contributed by atoms with Crippen LogP contribution in [0.3, 0.4) is 0 Å². The second-order valence-corrected chi connectivity index (χ2v) is 9.56. The highest BCUT2D eigenvalue weighted by atomic mass is 16.2. The Morgan fingerprint density at radius 3 is 2.84 bits per heavy atom. The summed E-state index contributed by atoms with van der Waals surface area (Å²) >= 11 is 0. The van der Waals surface area contributed by atoms with Crippen LogP contribution in [0.1, 0.15) is 41.7 Å². The number of fused-ring (bicyclic) bond motifs is 5. The molecular weight excluding hydrogens is 386 g/mol. The number of hydrogen-bond donors (Lipinski definition) is 0. The molecule has 5 heterocycles. The summed E-state index contributed by atoms with van der Waals surface area (Å²) in [6.45, 7) is 2.82. The molecule has 2 aromatic heterocycles. The molecule has 1 aromatic carbocycles. The second-order valence-electron chi connectivity index (χ2n) is 9.56. The minimum Gasteiger partial charge on any atom is -0.337 e. The van der Waals surface area contributed by atoms with Gasteiger partial charge in [-0.05, 0) is 49.1 Å². The number of amides is 1. The maximum absolute atomic E-state index is 13.3. The molecular formula is C25H29N5O. The van der Waals surface area contributed by atoms with Crippen molar-refractivity contribution in [2.45, 2.75) is 44.2 Å². The molecule has 3 aromatic rings. The Morgan fingerprint density at radius 2 is 1.97 bits per heavy atom. The molecule has 160 valence electrons. The largest absolute Gasteiger partial charge is 0.337 e. The number of benzene rings is 1. The molecule has 0 N–H and O–H groups in total. The van der Waals surface area contributed by atoms with Crippen LogP contribution in [0, 0.1) is 11.8 Å². The predicted octanol–water partition coefficient (Wildman–Crippen LogP) is 3.29. The Labute approximate surface area is 182 Å². The van der Waals surface area contributed by atoms with Crippen LogP contribution in [0.5, 0.6) is 0 Å². The van der Waals surface area contributed by atoms with E-state index in [1.165, 1.54) is 31.2 Å². The topological polar surface area (TPSA) is 53.7 Å². The maximum atomic E-state index is 13.3. The molecule has 3 aliphatic rings. The first-order chi connectivity index (χ1) is 15.2. The fraction of sp³-hybridized carbons (Fsp3) is 0.480. The van der Waals surface area contributed by atoms with Gasteiger partial charge in [-0.1, -0.05) is 36.8 Å². The number of piperidine rings is 3. The first-order valence-corrected chi connectivity index (χ1v) is 11.6. The van der Waals surface area contributed by atoms with Gasteiger partial charge in [0, 0.05) is 50.3 Å². The fourth-order valence-electron chi connectivity index (χ4n) is 6.28. The van der Waals surface area contributed by atoms with Gasteiger partial charge in [-0.25, -0.2) is 9.97 Å². The number of likely N-dealkylation sites (tertiary alicyclic amines) is 1. The zero-order valence-electron chi connectivity index (χ0n) is 17.8. The van der Waals surface area contributed by atoms with Crippen LogP contribution in [0.25, 0.3) is 5.78 Å². The van der Waals surface area contributed by atoms with Crippen molar-refractivity contribution in [2.75, 3.05) is 19.6 Å². The Hall–Kier alpha value is -2.73. The van der Waals surface area contributed by atoms with Crippen LogP contribution in [-0.2, 0) is 6.42 Å². The van der Waals surface area contributed by atoms with Gasteiger partial charge in [0.05, 0.1) is 0 Å². The van der Waals surface area contributed by atoms with Crippen LogP contribution in [0.2, 0.25) is 0 Å². The van der Waals surface area contributed by atoms with Gasteiger partial charge in [-0.2, -0.15) is 0 Å². The molecule has 2 bridgehead atoms. The van der Waals surface area contributed by atoms with Gasteiger partial charge in [0.15, 0.2) is 0 Å². The molecule has 3 saturated heterocycles. The zero-order chi connectivity index (χ0) is 20.8. The average Bonchev–Trinajstić information content (AvgIpc) is 3.24. The van der Waals surface area contributed by atoms with E-state index in [-0.39, 0.29) is 5.91 Å². The third kappa shape index (κ3) is 3.53. The van der Waals surface area contributed by atoms with Crippen LogP contribution < -0.4 is 0 Å². The lowest BCUT2D eigenvalue weighted by molar-refractivity contribution is -0.0499. The molecule has 0 unspecified atom stereocenters. The molecule has 4 atom stereocenters. The van der Waals surface area contributed by atoms with Gasteiger partial charge >= 0.3 is 0 Å². The van der Waals surface area contributed by atoms with Crippen molar-refractivity contribution >= 4 is 11.7 Å². The van der Waals surface area contributed by atoms with E-state index in [1.54, 1.807) is 6.20 Å². The number of rotatable bonds is 3. The van der Waals surface area contributed by atoms with E-state index in [4.69, 9.17) is 0 Å².